The first kappa shape index (κ1) is 49.9. The van der Waals surface area contributed by atoms with Gasteiger partial charge in [-0.05, 0) is 80.1 Å². The number of aliphatic hydroxyl groups is 1. The predicted octanol–water partition coefficient (Wildman–Crippen LogP) is 5.28. The van der Waals surface area contributed by atoms with E-state index in [1.165, 1.54) is 78.6 Å². The molecule has 0 radical (unpaired) electrons. The van der Waals surface area contributed by atoms with Crippen LogP contribution in [0, 0.1) is 7.43 Å². The molecule has 1 atom stereocenters. The number of benzene rings is 2. The topological polar surface area (TPSA) is 143 Å². The summed E-state index contributed by atoms with van der Waals surface area (Å²) in [5.41, 5.74) is -5.31. The quantitative estimate of drug-likeness (QED) is 0.0562. The molecule has 0 amide bonds. The van der Waals surface area contributed by atoms with Crippen LogP contribution in [0.15, 0.2) is 108 Å². The van der Waals surface area contributed by atoms with Gasteiger partial charge in [0.25, 0.3) is 0 Å². The molecule has 4 heterocycles. The van der Waals surface area contributed by atoms with Crippen molar-refractivity contribution in [2.75, 3.05) is 12.5 Å². The van der Waals surface area contributed by atoms with Gasteiger partial charge >= 0.3 is 35.4 Å². The number of Topliss-reactive ketones (excluding diaryl/α,β-unsaturated/α-hetero) is 1. The summed E-state index contributed by atoms with van der Waals surface area (Å²) in [6, 6.07) is 18.4. The summed E-state index contributed by atoms with van der Waals surface area (Å²) in [5, 5.41) is 18.2. The smallest absolute Gasteiger partial charge is 1.00 e. The third-order valence-electron chi connectivity index (χ3n) is 7.43. The zero-order chi connectivity index (χ0) is 39.8. The van der Waals surface area contributed by atoms with E-state index in [1.807, 2.05) is 12.5 Å². The van der Waals surface area contributed by atoms with Crippen LogP contribution >= 0.6 is 23.5 Å². The SMILES string of the molecule is CSc1ccc(Oc2ccc(C(=O)Cn3cncn3)c(C(F)(F)F)n2)cc1.CSc1ccc(Oc2ccc(C(C)(O)Cn3cncn3)c(C(F)(F)F)n2)cc1.[Br-].[CH3-].[Mg+2]. The Bertz CT molecular complexity index is 2180. The second-order valence-electron chi connectivity index (χ2n) is 11.5. The number of aromatic nitrogens is 8. The Kier molecular flexibility index (Phi) is 18.7. The number of hydrogen-bond acceptors (Lipinski definition) is 12. The molecule has 0 spiro atoms. The Labute approximate surface area is 364 Å². The van der Waals surface area contributed by atoms with Crippen molar-refractivity contribution in [3.05, 3.63) is 128 Å². The van der Waals surface area contributed by atoms with E-state index in [2.05, 4.69) is 30.1 Å². The maximum atomic E-state index is 13.6. The van der Waals surface area contributed by atoms with Gasteiger partial charge in [0.05, 0.1) is 12.1 Å². The van der Waals surface area contributed by atoms with Gasteiger partial charge in [0.2, 0.25) is 11.8 Å². The fourth-order valence-corrected chi connectivity index (χ4v) is 5.70. The number of ether oxygens (including phenoxy) is 2. The van der Waals surface area contributed by atoms with Crippen LogP contribution in [0.1, 0.15) is 34.2 Å². The van der Waals surface area contributed by atoms with Gasteiger partial charge in [-0.3, -0.25) is 4.79 Å². The Balaban J connectivity index is 0.000000381. The average molecular weight is 924 g/mol. The minimum absolute atomic E-state index is 0. The predicted molar refractivity (Wildman–Crippen MR) is 201 cm³/mol. The number of pyridine rings is 2. The van der Waals surface area contributed by atoms with Crippen molar-refractivity contribution >= 4 is 52.4 Å². The number of ketones is 1. The van der Waals surface area contributed by atoms with E-state index in [0.717, 1.165) is 20.5 Å². The van der Waals surface area contributed by atoms with Gasteiger partial charge in [-0.1, -0.05) is 0 Å². The first-order valence-corrected chi connectivity index (χ1v) is 18.2. The van der Waals surface area contributed by atoms with Crippen LogP contribution in [-0.4, -0.2) is 86.0 Å². The fraction of sp³-hybridized carbons (Fsp3) is 0.222. The molecule has 304 valence electrons. The van der Waals surface area contributed by atoms with Crippen LogP contribution in [0.5, 0.6) is 23.3 Å². The average Bonchev–Trinajstić information content (AvgIpc) is 3.86. The molecular weight excluding hydrogens is 891 g/mol. The molecule has 0 saturated heterocycles. The largest absolute Gasteiger partial charge is 2.00 e. The van der Waals surface area contributed by atoms with Crippen LogP contribution in [-0.2, 0) is 31.0 Å². The van der Waals surface area contributed by atoms with E-state index in [4.69, 9.17) is 9.47 Å². The molecule has 4 aromatic heterocycles. The Morgan fingerprint density at radius 2 is 1.16 bits per heavy atom. The summed E-state index contributed by atoms with van der Waals surface area (Å²) in [4.78, 5) is 28.7. The van der Waals surface area contributed by atoms with E-state index in [1.54, 1.807) is 48.5 Å². The number of hydrogen-bond donors (Lipinski definition) is 1. The van der Waals surface area contributed by atoms with Crippen LogP contribution in [0.25, 0.3) is 0 Å². The summed E-state index contributed by atoms with van der Waals surface area (Å²) >= 11 is 3.06. The monoisotopic (exact) mass is 922 g/mol. The van der Waals surface area contributed by atoms with E-state index >= 15 is 0 Å². The van der Waals surface area contributed by atoms with Crippen molar-refractivity contribution in [1.29, 1.82) is 0 Å². The molecule has 2 aromatic carbocycles. The molecule has 12 nitrogen and oxygen atoms in total. The minimum Gasteiger partial charge on any atom is -1.00 e. The van der Waals surface area contributed by atoms with Gasteiger partial charge in [-0.15, -0.1) is 23.5 Å². The second kappa shape index (κ2) is 21.7. The first-order valence-electron chi connectivity index (χ1n) is 15.8. The van der Waals surface area contributed by atoms with Gasteiger partial charge in [0.15, 0.2) is 17.2 Å². The number of thioether (sulfide) groups is 2. The molecule has 0 aliphatic carbocycles. The van der Waals surface area contributed by atoms with Gasteiger partial charge in [-0.25, -0.2) is 29.3 Å². The molecule has 6 rings (SSSR count). The van der Waals surface area contributed by atoms with E-state index in [-0.39, 0.29) is 77.9 Å². The molecule has 1 N–H and O–H groups in total. The molecule has 58 heavy (non-hydrogen) atoms. The van der Waals surface area contributed by atoms with Crippen LogP contribution in [0.2, 0.25) is 0 Å². The fourth-order valence-electron chi connectivity index (χ4n) is 4.88. The number of rotatable bonds is 12. The van der Waals surface area contributed by atoms with Crippen LogP contribution in [0.3, 0.4) is 0 Å². The van der Waals surface area contributed by atoms with Gasteiger partial charge in [0, 0.05) is 27.5 Å². The number of nitrogens with zero attached hydrogens (tertiary/aromatic N) is 8. The second-order valence-corrected chi connectivity index (χ2v) is 13.3. The summed E-state index contributed by atoms with van der Waals surface area (Å²) < 4.78 is 94.3. The number of alkyl halides is 6. The van der Waals surface area contributed by atoms with Gasteiger partial charge in [-0.2, -0.15) is 36.5 Å². The maximum absolute atomic E-state index is 13.6. The molecule has 0 bridgehead atoms. The van der Waals surface area contributed by atoms with Crippen molar-refractivity contribution in [1.82, 2.24) is 39.5 Å². The number of carbonyl (C=O) groups excluding carboxylic acids is 1. The molecule has 0 aliphatic heterocycles. The Morgan fingerprint density at radius 3 is 1.59 bits per heavy atom. The summed E-state index contributed by atoms with van der Waals surface area (Å²) in [6.45, 7) is 0.678. The maximum Gasteiger partial charge on any atom is 2.00 e. The summed E-state index contributed by atoms with van der Waals surface area (Å²) in [6.07, 6.45) is -0.787. The van der Waals surface area contributed by atoms with E-state index in [0.29, 0.717) is 11.5 Å². The van der Waals surface area contributed by atoms with E-state index in [9.17, 15) is 36.2 Å². The molecule has 0 fully saturated rings. The Morgan fingerprint density at radius 1 is 0.707 bits per heavy atom. The van der Waals surface area contributed by atoms with Crippen molar-refractivity contribution in [3.8, 4) is 23.3 Å². The van der Waals surface area contributed by atoms with Crippen molar-refractivity contribution < 1.29 is 62.7 Å². The molecular formula is C36H33BrF6MgN8O4S2. The number of halogens is 7. The van der Waals surface area contributed by atoms with Crippen LogP contribution in [0.4, 0.5) is 26.3 Å². The van der Waals surface area contributed by atoms with Gasteiger partial charge < -0.3 is 39.0 Å². The zero-order valence-corrected chi connectivity index (χ0v) is 35.7. The zero-order valence-electron chi connectivity index (χ0n) is 31.1. The van der Waals surface area contributed by atoms with Gasteiger partial charge in [0.1, 0.15) is 49.0 Å². The van der Waals surface area contributed by atoms with Crippen molar-refractivity contribution in [3.63, 3.8) is 0 Å². The van der Waals surface area contributed by atoms with Crippen LogP contribution < -0.4 is 26.5 Å². The van der Waals surface area contributed by atoms with Crippen molar-refractivity contribution in [2.24, 2.45) is 0 Å². The van der Waals surface area contributed by atoms with Crippen molar-refractivity contribution in [2.45, 2.75) is 47.8 Å². The first-order chi connectivity index (χ1) is 26.1. The summed E-state index contributed by atoms with van der Waals surface area (Å²) in [7, 11) is 0. The molecule has 0 saturated carbocycles. The third-order valence-corrected chi connectivity index (χ3v) is 8.92. The Hall–Kier alpha value is -4.22. The normalized spacial score (nSPS) is 12.0. The minimum atomic E-state index is -4.81. The summed E-state index contributed by atoms with van der Waals surface area (Å²) in [5.74, 6) is -0.548. The number of carbonyl (C=O) groups is 1. The molecule has 1 unspecified atom stereocenters. The third kappa shape index (κ3) is 13.7. The van der Waals surface area contributed by atoms with E-state index < -0.39 is 40.7 Å². The molecule has 0 aliphatic rings. The standard InChI is InChI=1S/C18H17F3N4O2S.C17H13F3N4O2S.CH3.BrH.Mg/c1-17(26,9-25-11-22-10-23-25)14-7-8-15(24-16(14)18(19,20)21)27-12-3-5-13(28-2)6-4-12;1-27-12-4-2-11(3-5-12)26-15-7-6-13(16(23-15)17(18,19)20)14(25)8-24-10-21-9-22-24;;;/h3-8,10-11,26H,9H2,1-2H3;2-7,9-10H,8H2,1H3;1H3;1H;/q;;-1;;+2/p-1. The molecule has 22 heteroatoms. The molecule has 6 aromatic rings.